The second-order valence-electron chi connectivity index (χ2n) is 3.67. The Morgan fingerprint density at radius 1 is 0.857 bits per heavy atom. The van der Waals surface area contributed by atoms with Crippen molar-refractivity contribution in [3.8, 4) is 0 Å². The summed E-state index contributed by atoms with van der Waals surface area (Å²) in [5.41, 5.74) is 0. The van der Waals surface area contributed by atoms with Gasteiger partial charge in [-0.2, -0.15) is 0 Å². The van der Waals surface area contributed by atoms with E-state index in [2.05, 4.69) is 32.2 Å². The molecule has 0 aromatic heterocycles. The summed E-state index contributed by atoms with van der Waals surface area (Å²) >= 11 is 8.04. The van der Waals surface area contributed by atoms with Crippen LogP contribution in [-0.2, 0) is 4.74 Å². The first-order chi connectivity index (χ1) is 6.77. The Bertz CT molecular complexity index is 107. The Morgan fingerprint density at radius 2 is 1.36 bits per heavy atom. The topological polar surface area (TPSA) is 9.23 Å². The molecule has 0 aliphatic carbocycles. The zero-order valence-corrected chi connectivity index (χ0v) is 11.0. The molecule has 0 heterocycles. The van der Waals surface area contributed by atoms with Gasteiger partial charge in [-0.05, 0) is 6.42 Å². The third-order valence-electron chi connectivity index (χ3n) is 2.26. The summed E-state index contributed by atoms with van der Waals surface area (Å²) in [5, 5.41) is 0. The molecular weight excluding hydrogens is 212 g/mol. The SMILES string of the molecule is CCCCCCCCCCOC(S)S. The van der Waals surface area contributed by atoms with Crippen LogP contribution in [0, 0.1) is 0 Å². The summed E-state index contributed by atoms with van der Waals surface area (Å²) in [5.74, 6) is 0. The van der Waals surface area contributed by atoms with Gasteiger partial charge in [0.25, 0.3) is 0 Å². The summed E-state index contributed by atoms with van der Waals surface area (Å²) in [6, 6.07) is 0. The van der Waals surface area contributed by atoms with Crippen LogP contribution in [0.1, 0.15) is 58.3 Å². The van der Waals surface area contributed by atoms with E-state index in [1.54, 1.807) is 0 Å². The van der Waals surface area contributed by atoms with E-state index in [1.165, 1.54) is 44.9 Å². The van der Waals surface area contributed by atoms with Gasteiger partial charge in [-0.1, -0.05) is 51.9 Å². The Morgan fingerprint density at radius 3 is 1.86 bits per heavy atom. The summed E-state index contributed by atoms with van der Waals surface area (Å²) in [6.07, 6.45) is 10.7. The Kier molecular flexibility index (Phi) is 12.3. The molecule has 0 amide bonds. The Labute approximate surface area is 99.8 Å². The first kappa shape index (κ1) is 14.7. The minimum absolute atomic E-state index is 0.209. The van der Waals surface area contributed by atoms with Crippen molar-refractivity contribution < 1.29 is 4.74 Å². The lowest BCUT2D eigenvalue weighted by Crippen LogP contribution is -1.98. The van der Waals surface area contributed by atoms with Crippen LogP contribution in [0.15, 0.2) is 0 Å². The van der Waals surface area contributed by atoms with Crippen molar-refractivity contribution in [2.24, 2.45) is 0 Å². The van der Waals surface area contributed by atoms with Gasteiger partial charge in [0.2, 0.25) is 0 Å². The van der Waals surface area contributed by atoms with Crippen molar-refractivity contribution in [1.29, 1.82) is 0 Å². The van der Waals surface area contributed by atoms with Gasteiger partial charge < -0.3 is 4.74 Å². The maximum absolute atomic E-state index is 5.22. The number of hydrogen-bond acceptors (Lipinski definition) is 3. The molecule has 0 aliphatic heterocycles. The Hall–Kier alpha value is 0.660. The highest BCUT2D eigenvalue weighted by molar-refractivity contribution is 7.98. The van der Waals surface area contributed by atoms with Crippen LogP contribution in [0.2, 0.25) is 0 Å². The molecule has 0 saturated heterocycles. The van der Waals surface area contributed by atoms with Crippen molar-refractivity contribution in [3.05, 3.63) is 0 Å². The van der Waals surface area contributed by atoms with E-state index >= 15 is 0 Å². The molecule has 0 rings (SSSR count). The van der Waals surface area contributed by atoms with Gasteiger partial charge >= 0.3 is 0 Å². The molecule has 0 bridgehead atoms. The third-order valence-corrected chi connectivity index (χ3v) is 2.56. The predicted molar refractivity (Wildman–Crippen MR) is 70.3 cm³/mol. The van der Waals surface area contributed by atoms with Crippen molar-refractivity contribution in [2.45, 2.75) is 63.1 Å². The number of thiol groups is 2. The third kappa shape index (κ3) is 12.7. The number of unbranched alkanes of at least 4 members (excludes halogenated alkanes) is 7. The maximum Gasteiger partial charge on any atom is 0.144 e. The first-order valence-electron chi connectivity index (χ1n) is 5.75. The number of ether oxygens (including phenoxy) is 1. The second kappa shape index (κ2) is 11.7. The molecule has 0 spiro atoms. The lowest BCUT2D eigenvalue weighted by molar-refractivity contribution is 0.160. The van der Waals surface area contributed by atoms with Crippen LogP contribution in [0.3, 0.4) is 0 Å². The van der Waals surface area contributed by atoms with Crippen molar-refractivity contribution >= 4 is 25.3 Å². The fourth-order valence-corrected chi connectivity index (χ4v) is 1.64. The monoisotopic (exact) mass is 236 g/mol. The molecule has 0 aromatic carbocycles. The molecule has 86 valence electrons. The molecule has 0 fully saturated rings. The highest BCUT2D eigenvalue weighted by Gasteiger charge is 1.94. The summed E-state index contributed by atoms with van der Waals surface area (Å²) < 4.78 is 5.01. The van der Waals surface area contributed by atoms with Crippen LogP contribution in [0.5, 0.6) is 0 Å². The molecule has 0 N–H and O–H groups in total. The largest absolute Gasteiger partial charge is 0.358 e. The smallest absolute Gasteiger partial charge is 0.144 e. The van der Waals surface area contributed by atoms with Crippen LogP contribution in [0.25, 0.3) is 0 Å². The standard InChI is InChI=1S/C11H24OS2/c1-2-3-4-5-6-7-8-9-10-12-11(13)14/h11,13-14H,2-10H2,1H3. The van der Waals surface area contributed by atoms with Gasteiger partial charge in [-0.3, -0.25) is 0 Å². The molecule has 0 aliphatic rings. The van der Waals surface area contributed by atoms with E-state index in [4.69, 9.17) is 4.74 Å². The molecule has 0 radical (unpaired) electrons. The fraction of sp³-hybridized carbons (Fsp3) is 1.00. The number of rotatable bonds is 10. The molecule has 3 heteroatoms. The molecule has 0 aromatic rings. The van der Waals surface area contributed by atoms with Gasteiger partial charge in [-0.15, -0.1) is 25.3 Å². The van der Waals surface area contributed by atoms with Gasteiger partial charge in [0.15, 0.2) is 0 Å². The lowest BCUT2D eigenvalue weighted by Gasteiger charge is -2.05. The zero-order chi connectivity index (χ0) is 10.6. The quantitative estimate of drug-likeness (QED) is 0.327. The fourth-order valence-electron chi connectivity index (χ4n) is 1.42. The molecule has 14 heavy (non-hydrogen) atoms. The normalized spacial score (nSPS) is 11.1. The van der Waals surface area contributed by atoms with Crippen LogP contribution in [-0.4, -0.2) is 11.4 Å². The first-order valence-corrected chi connectivity index (χ1v) is 6.78. The highest BCUT2D eigenvalue weighted by atomic mass is 32.2. The summed E-state index contributed by atoms with van der Waals surface area (Å²) in [4.78, 5) is 0. The van der Waals surface area contributed by atoms with E-state index in [9.17, 15) is 0 Å². The van der Waals surface area contributed by atoms with E-state index in [1.807, 2.05) is 0 Å². The van der Waals surface area contributed by atoms with Gasteiger partial charge in [-0.25, -0.2) is 0 Å². The Balaban J connectivity index is 2.85. The van der Waals surface area contributed by atoms with Gasteiger partial charge in [0.05, 0.1) is 0 Å². The van der Waals surface area contributed by atoms with E-state index in [0.717, 1.165) is 13.0 Å². The van der Waals surface area contributed by atoms with E-state index in [-0.39, 0.29) is 4.77 Å². The van der Waals surface area contributed by atoms with Crippen LogP contribution in [0.4, 0.5) is 0 Å². The van der Waals surface area contributed by atoms with E-state index < -0.39 is 0 Å². The minimum Gasteiger partial charge on any atom is -0.358 e. The molecule has 1 nitrogen and oxygen atoms in total. The lowest BCUT2D eigenvalue weighted by atomic mass is 10.1. The van der Waals surface area contributed by atoms with Crippen LogP contribution >= 0.6 is 25.3 Å². The highest BCUT2D eigenvalue weighted by Crippen LogP contribution is 2.09. The molecule has 0 unspecified atom stereocenters. The van der Waals surface area contributed by atoms with Crippen LogP contribution < -0.4 is 0 Å². The van der Waals surface area contributed by atoms with Crippen molar-refractivity contribution in [2.75, 3.05) is 6.61 Å². The molecule has 0 atom stereocenters. The van der Waals surface area contributed by atoms with Crippen molar-refractivity contribution in [3.63, 3.8) is 0 Å². The van der Waals surface area contributed by atoms with E-state index in [0.29, 0.717) is 0 Å². The maximum atomic E-state index is 5.22. The van der Waals surface area contributed by atoms with Crippen molar-refractivity contribution in [1.82, 2.24) is 0 Å². The van der Waals surface area contributed by atoms with Gasteiger partial charge in [0.1, 0.15) is 4.77 Å². The average Bonchev–Trinajstić information content (AvgIpc) is 2.15. The summed E-state index contributed by atoms with van der Waals surface area (Å²) in [6.45, 7) is 3.05. The molecular formula is C11H24OS2. The predicted octanol–water partition coefficient (Wildman–Crippen LogP) is 4.29. The van der Waals surface area contributed by atoms with Gasteiger partial charge in [0, 0.05) is 6.61 Å². The number of hydrogen-bond donors (Lipinski definition) is 2. The molecule has 0 saturated carbocycles. The minimum atomic E-state index is -0.209. The summed E-state index contributed by atoms with van der Waals surface area (Å²) in [7, 11) is 0. The zero-order valence-electron chi connectivity index (χ0n) is 9.24. The second-order valence-corrected chi connectivity index (χ2v) is 5.02. The average molecular weight is 236 g/mol.